The number of carbonyl (C=O) groups excluding carboxylic acids is 1. The molecule has 0 spiro atoms. The van der Waals surface area contributed by atoms with E-state index in [1.165, 1.54) is 6.42 Å². The maximum atomic E-state index is 11.9. The van der Waals surface area contributed by atoms with Crippen LogP contribution in [0.4, 0.5) is 0 Å². The minimum Gasteiger partial charge on any atom is -0.484 e. The minimum absolute atomic E-state index is 0.00157. The molecule has 23 heavy (non-hydrogen) atoms. The van der Waals surface area contributed by atoms with Gasteiger partial charge in [-0.2, -0.15) is 0 Å². The van der Waals surface area contributed by atoms with Gasteiger partial charge >= 0.3 is 0 Å². The van der Waals surface area contributed by atoms with Gasteiger partial charge in [0.25, 0.3) is 5.91 Å². The summed E-state index contributed by atoms with van der Waals surface area (Å²) >= 11 is 2.23. The molecule has 0 aliphatic carbocycles. The summed E-state index contributed by atoms with van der Waals surface area (Å²) in [6, 6.07) is 7.60. The molecule has 1 N–H and O–H groups in total. The van der Waals surface area contributed by atoms with Crippen LogP contribution >= 0.6 is 22.6 Å². The largest absolute Gasteiger partial charge is 0.484 e. The number of rotatable bonds is 5. The lowest BCUT2D eigenvalue weighted by atomic mass is 10.2. The first-order chi connectivity index (χ1) is 11.2. The highest BCUT2D eigenvalue weighted by Gasteiger charge is 2.15. The van der Waals surface area contributed by atoms with E-state index in [1.54, 1.807) is 0 Å². The van der Waals surface area contributed by atoms with Gasteiger partial charge in [-0.1, -0.05) is 6.42 Å². The molecule has 0 saturated heterocycles. The molecule has 0 saturated carbocycles. The summed E-state index contributed by atoms with van der Waals surface area (Å²) in [5, 5.41) is 11.3. The number of nitrogens with zero attached hydrogens (tertiary/aromatic N) is 3. The fourth-order valence-corrected chi connectivity index (χ4v) is 2.94. The molecule has 0 bridgehead atoms. The van der Waals surface area contributed by atoms with E-state index in [0.717, 1.165) is 41.0 Å². The van der Waals surface area contributed by atoms with E-state index in [1.807, 2.05) is 24.3 Å². The highest BCUT2D eigenvalue weighted by Crippen LogP contribution is 2.15. The third kappa shape index (κ3) is 4.43. The summed E-state index contributed by atoms with van der Waals surface area (Å²) in [7, 11) is 0. The Morgan fingerprint density at radius 2 is 2.04 bits per heavy atom. The van der Waals surface area contributed by atoms with E-state index in [9.17, 15) is 4.79 Å². The Bertz CT molecular complexity index is 669. The van der Waals surface area contributed by atoms with Crippen LogP contribution in [0.5, 0.6) is 5.75 Å². The summed E-state index contributed by atoms with van der Waals surface area (Å²) in [6.07, 6.45) is 4.49. The van der Waals surface area contributed by atoms with E-state index in [0.29, 0.717) is 12.3 Å². The third-order valence-corrected chi connectivity index (χ3v) is 4.53. The van der Waals surface area contributed by atoms with Gasteiger partial charge in [-0.25, -0.2) is 0 Å². The zero-order valence-electron chi connectivity index (χ0n) is 12.8. The maximum absolute atomic E-state index is 11.9. The average Bonchev–Trinajstić information content (AvgIpc) is 2.79. The molecule has 2 aromatic rings. The number of amides is 1. The number of nitrogens with one attached hydrogen (secondary N) is 1. The lowest BCUT2D eigenvalue weighted by molar-refractivity contribution is -0.123. The fourth-order valence-electron chi connectivity index (χ4n) is 2.58. The van der Waals surface area contributed by atoms with Crippen LogP contribution in [0, 0.1) is 3.57 Å². The van der Waals surface area contributed by atoms with Gasteiger partial charge in [0.15, 0.2) is 12.4 Å². The number of halogens is 1. The lowest BCUT2D eigenvalue weighted by Gasteiger charge is -2.09. The monoisotopic (exact) mass is 426 g/mol. The quantitative estimate of drug-likeness (QED) is 0.746. The number of carbonyl (C=O) groups is 1. The molecule has 1 aliphatic heterocycles. The molecule has 6 nitrogen and oxygen atoms in total. The lowest BCUT2D eigenvalue weighted by Crippen LogP contribution is -2.29. The first-order valence-electron chi connectivity index (χ1n) is 7.78. The summed E-state index contributed by atoms with van der Waals surface area (Å²) < 4.78 is 8.73. The number of hydrogen-bond acceptors (Lipinski definition) is 4. The van der Waals surface area contributed by atoms with Gasteiger partial charge in [0.2, 0.25) is 0 Å². The summed E-state index contributed by atoms with van der Waals surface area (Å²) in [4.78, 5) is 11.9. The molecule has 0 atom stereocenters. The molecule has 1 aromatic heterocycles. The van der Waals surface area contributed by atoms with E-state index < -0.39 is 0 Å². The molecule has 1 aliphatic rings. The number of benzene rings is 1. The number of hydrogen-bond donors (Lipinski definition) is 1. The Hall–Kier alpha value is -1.64. The Labute approximate surface area is 148 Å². The molecular formula is C16H19IN4O2. The van der Waals surface area contributed by atoms with Crippen molar-refractivity contribution in [2.24, 2.45) is 0 Å². The highest BCUT2D eigenvalue weighted by atomic mass is 127. The van der Waals surface area contributed by atoms with Crippen molar-refractivity contribution in [2.75, 3.05) is 6.61 Å². The van der Waals surface area contributed by atoms with Crippen LogP contribution in [0.1, 0.15) is 30.9 Å². The topological polar surface area (TPSA) is 69.0 Å². The summed E-state index contributed by atoms with van der Waals surface area (Å²) in [6.45, 7) is 1.33. The van der Waals surface area contributed by atoms with Gasteiger partial charge in [-0.15, -0.1) is 10.2 Å². The number of aromatic nitrogens is 3. The van der Waals surface area contributed by atoms with Gasteiger partial charge in [0.1, 0.15) is 11.6 Å². The fraction of sp³-hybridized carbons (Fsp3) is 0.438. The smallest absolute Gasteiger partial charge is 0.258 e. The second-order valence-corrected chi connectivity index (χ2v) is 6.76. The first kappa shape index (κ1) is 16.2. The summed E-state index contributed by atoms with van der Waals surface area (Å²) in [5.74, 6) is 2.39. The van der Waals surface area contributed by atoms with Crippen molar-refractivity contribution in [1.29, 1.82) is 0 Å². The van der Waals surface area contributed by atoms with Crippen LogP contribution in [-0.2, 0) is 24.3 Å². The molecule has 1 aromatic carbocycles. The van der Waals surface area contributed by atoms with Crippen LogP contribution in [0.3, 0.4) is 0 Å². The van der Waals surface area contributed by atoms with Gasteiger partial charge in [0, 0.05) is 16.5 Å². The number of aryl methyl sites for hydroxylation is 1. The molecule has 0 unspecified atom stereocenters. The molecule has 2 heterocycles. The van der Waals surface area contributed by atoms with Crippen molar-refractivity contribution in [3.8, 4) is 5.75 Å². The molecule has 1 amide bonds. The van der Waals surface area contributed by atoms with E-state index in [-0.39, 0.29) is 12.5 Å². The normalized spacial score (nSPS) is 14.0. The average molecular weight is 426 g/mol. The highest BCUT2D eigenvalue weighted by molar-refractivity contribution is 14.1. The first-order valence-corrected chi connectivity index (χ1v) is 8.86. The van der Waals surface area contributed by atoms with Gasteiger partial charge in [0.05, 0.1) is 6.54 Å². The van der Waals surface area contributed by atoms with Crippen molar-refractivity contribution in [2.45, 2.75) is 38.8 Å². The number of ether oxygens (including phenoxy) is 1. The van der Waals surface area contributed by atoms with Crippen molar-refractivity contribution in [3.63, 3.8) is 0 Å². The zero-order valence-corrected chi connectivity index (χ0v) is 15.0. The van der Waals surface area contributed by atoms with Crippen LogP contribution < -0.4 is 10.1 Å². The van der Waals surface area contributed by atoms with Crippen LogP contribution in [-0.4, -0.2) is 27.3 Å². The molecule has 7 heteroatoms. The van der Waals surface area contributed by atoms with Gasteiger partial charge in [-0.3, -0.25) is 4.79 Å². The molecule has 3 rings (SSSR count). The predicted octanol–water partition coefficient (Wildman–Crippen LogP) is 2.30. The standard InChI is InChI=1S/C16H19IN4O2/c17-12-5-7-13(8-6-12)23-11-16(22)18-10-15-20-19-14-4-2-1-3-9-21(14)15/h5-8H,1-4,9-11H2,(H,18,22). The van der Waals surface area contributed by atoms with Crippen LogP contribution in [0.25, 0.3) is 0 Å². The predicted molar refractivity (Wildman–Crippen MR) is 94.1 cm³/mol. The van der Waals surface area contributed by atoms with E-state index in [4.69, 9.17) is 4.74 Å². The number of fused-ring (bicyclic) bond motifs is 1. The Kier molecular flexibility index (Phi) is 5.47. The Morgan fingerprint density at radius 3 is 2.87 bits per heavy atom. The zero-order chi connectivity index (χ0) is 16.1. The maximum Gasteiger partial charge on any atom is 0.258 e. The van der Waals surface area contributed by atoms with Crippen molar-refractivity contribution >= 4 is 28.5 Å². The van der Waals surface area contributed by atoms with Crippen molar-refractivity contribution in [3.05, 3.63) is 39.5 Å². The SMILES string of the molecule is O=C(COc1ccc(I)cc1)NCc1nnc2n1CCCCC2. The van der Waals surface area contributed by atoms with E-state index in [2.05, 4.69) is 42.7 Å². The molecule has 122 valence electrons. The molecular weight excluding hydrogens is 407 g/mol. The van der Waals surface area contributed by atoms with Gasteiger partial charge < -0.3 is 14.6 Å². The van der Waals surface area contributed by atoms with Crippen molar-refractivity contribution in [1.82, 2.24) is 20.1 Å². The minimum atomic E-state index is -0.158. The summed E-state index contributed by atoms with van der Waals surface area (Å²) in [5.41, 5.74) is 0. The van der Waals surface area contributed by atoms with Crippen molar-refractivity contribution < 1.29 is 9.53 Å². The van der Waals surface area contributed by atoms with Crippen LogP contribution in [0.15, 0.2) is 24.3 Å². The second kappa shape index (κ2) is 7.76. The Balaban J connectivity index is 1.49. The molecule has 0 fully saturated rings. The molecule has 0 radical (unpaired) electrons. The van der Waals surface area contributed by atoms with Crippen LogP contribution in [0.2, 0.25) is 0 Å². The van der Waals surface area contributed by atoms with E-state index >= 15 is 0 Å². The van der Waals surface area contributed by atoms with Gasteiger partial charge in [-0.05, 0) is 59.7 Å². The third-order valence-electron chi connectivity index (χ3n) is 3.81. The second-order valence-electron chi connectivity index (χ2n) is 5.51. The Morgan fingerprint density at radius 1 is 1.22 bits per heavy atom.